The fourth-order valence-corrected chi connectivity index (χ4v) is 16.1. The van der Waals surface area contributed by atoms with Crippen LogP contribution in [0.2, 0.25) is 0 Å². The van der Waals surface area contributed by atoms with Crippen LogP contribution in [-0.4, -0.2) is 0 Å². The Bertz CT molecular complexity index is 3580. The van der Waals surface area contributed by atoms with Gasteiger partial charge in [0.25, 0.3) is 0 Å². The molecule has 0 N–H and O–H groups in total. The van der Waals surface area contributed by atoms with Crippen LogP contribution in [0.1, 0.15) is 148 Å². The molecule has 2 spiro atoms. The largest absolute Gasteiger partial charge is 0.310 e. The summed E-state index contributed by atoms with van der Waals surface area (Å²) in [6, 6.07) is 60.7. The van der Waals surface area contributed by atoms with E-state index in [1.807, 2.05) is 0 Å². The number of rotatable bonds is 3. The second-order valence-electron chi connectivity index (χ2n) is 23.9. The quantitative estimate of drug-likeness (QED) is 0.171. The minimum absolute atomic E-state index is 0.0106. The molecule has 6 aliphatic rings. The predicted molar refractivity (Wildman–Crippen MR) is 299 cm³/mol. The van der Waals surface area contributed by atoms with Gasteiger partial charge in [0.05, 0.1) is 0 Å². The van der Waals surface area contributed by atoms with Crippen molar-refractivity contribution in [2.75, 3.05) is 4.90 Å². The minimum Gasteiger partial charge on any atom is -0.310 e. The molecule has 9 aromatic rings. The highest BCUT2D eigenvalue weighted by Crippen LogP contribution is 2.64. The summed E-state index contributed by atoms with van der Waals surface area (Å²) in [5, 5.41) is 5.43. The van der Waals surface area contributed by atoms with Crippen LogP contribution in [0.5, 0.6) is 0 Å². The maximum Gasteiger partial charge on any atom is 0.0490 e. The van der Waals surface area contributed by atoms with Gasteiger partial charge >= 0.3 is 0 Å². The number of fused-ring (bicyclic) bond motifs is 20. The Labute approximate surface area is 420 Å². The summed E-state index contributed by atoms with van der Waals surface area (Å²) < 4.78 is 0. The molecule has 1 nitrogen and oxygen atoms in total. The smallest absolute Gasteiger partial charge is 0.0490 e. The Morgan fingerprint density at radius 1 is 0.352 bits per heavy atom. The Balaban J connectivity index is 0.913. The number of hydrogen-bond acceptors (Lipinski definition) is 1. The van der Waals surface area contributed by atoms with Crippen molar-refractivity contribution in [1.29, 1.82) is 0 Å². The lowest BCUT2D eigenvalue weighted by molar-refractivity contribution is 0.353. The summed E-state index contributed by atoms with van der Waals surface area (Å²) in [6.45, 7) is 14.4. The van der Waals surface area contributed by atoms with Gasteiger partial charge in [-0.3, -0.25) is 0 Å². The van der Waals surface area contributed by atoms with Crippen LogP contribution in [0.15, 0.2) is 152 Å². The van der Waals surface area contributed by atoms with Crippen molar-refractivity contribution >= 4 is 38.6 Å². The van der Waals surface area contributed by atoms with Crippen LogP contribution in [0, 0.1) is 13.8 Å². The van der Waals surface area contributed by atoms with E-state index in [9.17, 15) is 0 Å². The van der Waals surface area contributed by atoms with Gasteiger partial charge in [-0.1, -0.05) is 169 Å². The van der Waals surface area contributed by atoms with Crippen LogP contribution in [0.3, 0.4) is 0 Å². The first kappa shape index (κ1) is 42.0. The molecule has 0 saturated heterocycles. The Morgan fingerprint density at radius 2 is 0.789 bits per heavy atom. The van der Waals surface area contributed by atoms with Crippen molar-refractivity contribution in [2.45, 2.75) is 127 Å². The molecule has 1 heteroatoms. The van der Waals surface area contributed by atoms with E-state index in [4.69, 9.17) is 0 Å². The molecule has 71 heavy (non-hydrogen) atoms. The van der Waals surface area contributed by atoms with E-state index >= 15 is 0 Å². The highest BCUT2D eigenvalue weighted by molar-refractivity contribution is 6.05. The molecule has 15 rings (SSSR count). The molecular formula is C70H63N. The first-order valence-corrected chi connectivity index (χ1v) is 27.1. The van der Waals surface area contributed by atoms with Crippen LogP contribution in [-0.2, 0) is 21.7 Å². The average Bonchev–Trinajstić information content (AvgIpc) is 3.98. The summed E-state index contributed by atoms with van der Waals surface area (Å²) >= 11 is 0. The number of anilines is 3. The van der Waals surface area contributed by atoms with Gasteiger partial charge in [0, 0.05) is 38.7 Å². The van der Waals surface area contributed by atoms with Crippen LogP contribution in [0.4, 0.5) is 17.1 Å². The zero-order valence-electron chi connectivity index (χ0n) is 42.5. The van der Waals surface area contributed by atoms with Gasteiger partial charge in [-0.05, 0) is 210 Å². The predicted octanol–water partition coefficient (Wildman–Crippen LogP) is 19.2. The lowest BCUT2D eigenvalue weighted by atomic mass is 9.67. The molecule has 0 aliphatic heterocycles. The maximum atomic E-state index is 2.69. The zero-order valence-corrected chi connectivity index (χ0v) is 42.5. The first-order chi connectivity index (χ1) is 34.5. The molecule has 0 bridgehead atoms. The summed E-state index contributed by atoms with van der Waals surface area (Å²) in [5.41, 5.74) is 30.0. The van der Waals surface area contributed by atoms with Crippen LogP contribution < -0.4 is 4.90 Å². The summed E-state index contributed by atoms with van der Waals surface area (Å²) in [7, 11) is 0. The molecule has 0 unspecified atom stereocenters. The monoisotopic (exact) mass is 917 g/mol. The fourth-order valence-electron chi connectivity index (χ4n) is 16.1. The standard InChI is InChI=1S/C70H63N/c1-42-21-30-64(43(2)35-42)71(46-24-26-50-52-38-58-54(40-62(52)69(60(50)36-46)31-13-7-14-32-69)65-48-19-11-9-17-44(48)22-28-56(65)67(58,3)4)47-25-27-51-53-39-59-55(41-63(53)70(61(51)37-47)33-15-8-16-34-70)66-49-20-12-10-18-45(49)23-29-57(66)68(59,5)6/h9-12,17-30,35-41H,7-8,13-16,31-34H2,1-6H3. The molecule has 0 radical (unpaired) electrons. The summed E-state index contributed by atoms with van der Waals surface area (Å²) in [4.78, 5) is 2.64. The maximum absolute atomic E-state index is 2.69. The molecule has 0 atom stereocenters. The second kappa shape index (κ2) is 14.5. The SMILES string of the molecule is Cc1ccc(N(c2ccc3c(c2)C2(CCCCC2)c2cc4c(cc2-3)C(C)(C)c2ccc3ccccc3c2-4)c2ccc3c(c2)C2(CCCCC2)c2cc4c(cc2-3)C(C)(C)c2ccc3ccccc3c2-4)c(C)c1. The van der Waals surface area contributed by atoms with Crippen molar-refractivity contribution in [1.82, 2.24) is 0 Å². The Morgan fingerprint density at radius 3 is 1.25 bits per heavy atom. The van der Waals surface area contributed by atoms with Crippen molar-refractivity contribution in [3.05, 3.63) is 207 Å². The molecule has 9 aromatic carbocycles. The molecule has 0 aromatic heterocycles. The number of hydrogen-bond donors (Lipinski definition) is 0. The van der Waals surface area contributed by atoms with E-state index in [-0.39, 0.29) is 21.7 Å². The first-order valence-electron chi connectivity index (χ1n) is 27.1. The molecular weight excluding hydrogens is 855 g/mol. The van der Waals surface area contributed by atoms with Gasteiger partial charge in [0.15, 0.2) is 0 Å². The number of benzene rings is 9. The van der Waals surface area contributed by atoms with Gasteiger partial charge in [-0.15, -0.1) is 0 Å². The third kappa shape index (κ3) is 5.48. The summed E-state index contributed by atoms with van der Waals surface area (Å²) in [5.74, 6) is 0. The van der Waals surface area contributed by atoms with Crippen LogP contribution in [0.25, 0.3) is 66.1 Å². The van der Waals surface area contributed by atoms with E-state index in [1.165, 1.54) is 181 Å². The lowest BCUT2D eigenvalue weighted by Gasteiger charge is -2.38. The highest BCUT2D eigenvalue weighted by atomic mass is 15.1. The third-order valence-corrected chi connectivity index (χ3v) is 19.6. The van der Waals surface area contributed by atoms with E-state index in [2.05, 4.69) is 198 Å². The van der Waals surface area contributed by atoms with Gasteiger partial charge < -0.3 is 4.90 Å². The van der Waals surface area contributed by atoms with E-state index < -0.39 is 0 Å². The minimum atomic E-state index is -0.0793. The van der Waals surface area contributed by atoms with E-state index in [0.29, 0.717) is 0 Å². The Kier molecular flexibility index (Phi) is 8.57. The Hall–Kier alpha value is -6.70. The summed E-state index contributed by atoms with van der Waals surface area (Å²) in [6.07, 6.45) is 12.5. The number of aryl methyl sites for hydroxylation is 2. The van der Waals surface area contributed by atoms with Crippen molar-refractivity contribution in [3.8, 4) is 44.5 Å². The topological polar surface area (TPSA) is 3.24 Å². The molecule has 2 fully saturated rings. The molecule has 6 aliphatic carbocycles. The average molecular weight is 918 g/mol. The molecule has 348 valence electrons. The van der Waals surface area contributed by atoms with Gasteiger partial charge in [-0.25, -0.2) is 0 Å². The molecule has 2 saturated carbocycles. The van der Waals surface area contributed by atoms with E-state index in [1.54, 1.807) is 22.3 Å². The zero-order chi connectivity index (χ0) is 47.8. The second-order valence-corrected chi connectivity index (χ2v) is 23.9. The van der Waals surface area contributed by atoms with E-state index in [0.717, 1.165) is 0 Å². The van der Waals surface area contributed by atoms with Crippen molar-refractivity contribution < 1.29 is 0 Å². The van der Waals surface area contributed by atoms with Crippen LogP contribution >= 0.6 is 0 Å². The van der Waals surface area contributed by atoms with Crippen molar-refractivity contribution in [3.63, 3.8) is 0 Å². The van der Waals surface area contributed by atoms with Crippen molar-refractivity contribution in [2.24, 2.45) is 0 Å². The number of nitrogens with zero attached hydrogens (tertiary/aromatic N) is 1. The molecule has 0 heterocycles. The normalized spacial score (nSPS) is 18.5. The highest BCUT2D eigenvalue weighted by Gasteiger charge is 2.49. The van der Waals surface area contributed by atoms with Gasteiger partial charge in [-0.2, -0.15) is 0 Å². The van der Waals surface area contributed by atoms with Gasteiger partial charge in [0.2, 0.25) is 0 Å². The lowest BCUT2D eigenvalue weighted by Crippen LogP contribution is -2.29. The molecule has 0 amide bonds. The third-order valence-electron chi connectivity index (χ3n) is 19.6. The van der Waals surface area contributed by atoms with Gasteiger partial charge in [0.1, 0.15) is 0 Å². The fraction of sp³-hybridized carbons (Fsp3) is 0.286.